The van der Waals surface area contributed by atoms with Gasteiger partial charge in [0.25, 0.3) is 5.91 Å². The molecule has 0 saturated carbocycles. The molecule has 40 heavy (non-hydrogen) atoms. The summed E-state index contributed by atoms with van der Waals surface area (Å²) in [7, 11) is 0. The summed E-state index contributed by atoms with van der Waals surface area (Å²) in [6, 6.07) is 15.5. The maximum Gasteiger partial charge on any atom is 0.416 e. The largest absolute Gasteiger partial charge is 0.416 e. The van der Waals surface area contributed by atoms with E-state index in [2.05, 4.69) is 4.98 Å². The molecule has 2 aliphatic heterocycles. The first-order valence-corrected chi connectivity index (χ1v) is 12.5. The van der Waals surface area contributed by atoms with E-state index in [1.165, 1.54) is 4.90 Å². The number of likely N-dealkylation sites (tertiary alicyclic amines) is 1. The van der Waals surface area contributed by atoms with Gasteiger partial charge >= 0.3 is 12.4 Å². The second kappa shape index (κ2) is 10.1. The number of piperidine rings is 1. The first kappa shape index (κ1) is 27.5. The molecule has 0 N–H and O–H groups in total. The number of pyridine rings is 1. The number of anilines is 1. The van der Waals surface area contributed by atoms with Gasteiger partial charge in [0.15, 0.2) is 0 Å². The Morgan fingerprint density at radius 2 is 1.45 bits per heavy atom. The number of alkyl halides is 6. The van der Waals surface area contributed by atoms with Gasteiger partial charge in [0, 0.05) is 30.5 Å². The van der Waals surface area contributed by atoms with Gasteiger partial charge in [-0.05, 0) is 55.3 Å². The van der Waals surface area contributed by atoms with Crippen LogP contribution >= 0.6 is 0 Å². The van der Waals surface area contributed by atoms with Crippen LogP contribution in [0, 0.1) is 0 Å². The average molecular weight is 563 g/mol. The topological polar surface area (TPSA) is 56.8 Å². The fourth-order valence-electron chi connectivity index (χ4n) is 5.35. The van der Waals surface area contributed by atoms with E-state index in [-0.39, 0.29) is 51.1 Å². The van der Waals surface area contributed by atoms with Gasteiger partial charge in [-0.15, -0.1) is 0 Å². The first-order chi connectivity index (χ1) is 18.9. The Morgan fingerprint density at radius 3 is 2.00 bits per heavy atom. The van der Waals surface area contributed by atoms with Crippen LogP contribution in [0.1, 0.15) is 40.0 Å². The Hall–Kier alpha value is -4.09. The summed E-state index contributed by atoms with van der Waals surface area (Å²) >= 11 is 0. The third-order valence-corrected chi connectivity index (χ3v) is 7.37. The Kier molecular flexibility index (Phi) is 6.97. The summed E-state index contributed by atoms with van der Waals surface area (Å²) in [5.41, 5.74) is -3.35. The molecular formula is C28H24F6N4O2. The van der Waals surface area contributed by atoms with E-state index in [1.807, 2.05) is 41.3 Å². The van der Waals surface area contributed by atoms with Crippen LogP contribution in [0.15, 0.2) is 72.9 Å². The first-order valence-electron chi connectivity index (χ1n) is 12.5. The summed E-state index contributed by atoms with van der Waals surface area (Å²) in [6.45, 7) is 0.472. The maximum absolute atomic E-state index is 13.8. The predicted octanol–water partition coefficient (Wildman–Crippen LogP) is 5.60. The van der Waals surface area contributed by atoms with Crippen molar-refractivity contribution in [3.05, 3.63) is 95.3 Å². The lowest BCUT2D eigenvalue weighted by Gasteiger charge is -2.43. The molecule has 2 aliphatic rings. The number of para-hydroxylation sites is 1. The highest BCUT2D eigenvalue weighted by molar-refractivity contribution is 5.96. The molecule has 0 aliphatic carbocycles. The molecule has 3 heterocycles. The molecule has 210 valence electrons. The van der Waals surface area contributed by atoms with E-state index in [0.29, 0.717) is 17.8 Å². The molecule has 3 aromatic rings. The zero-order valence-electron chi connectivity index (χ0n) is 21.0. The van der Waals surface area contributed by atoms with Gasteiger partial charge in [-0.25, -0.2) is 0 Å². The van der Waals surface area contributed by atoms with Crippen molar-refractivity contribution in [1.29, 1.82) is 0 Å². The number of nitrogens with zero attached hydrogens (tertiary/aromatic N) is 4. The molecule has 2 amide bonds. The van der Waals surface area contributed by atoms with E-state index in [9.17, 15) is 35.9 Å². The number of amides is 2. The smallest absolute Gasteiger partial charge is 0.339 e. The average Bonchev–Trinajstić information content (AvgIpc) is 3.19. The fraction of sp³-hybridized carbons (Fsp3) is 0.321. The number of rotatable bonds is 4. The summed E-state index contributed by atoms with van der Waals surface area (Å²) in [6.07, 6.45) is -8.20. The van der Waals surface area contributed by atoms with Crippen molar-refractivity contribution < 1.29 is 35.9 Å². The molecule has 1 spiro atoms. The zero-order valence-corrected chi connectivity index (χ0v) is 21.0. The molecule has 0 unspecified atom stereocenters. The van der Waals surface area contributed by atoms with Gasteiger partial charge in [0.05, 0.1) is 30.0 Å². The summed E-state index contributed by atoms with van der Waals surface area (Å²) < 4.78 is 80.0. The highest BCUT2D eigenvalue weighted by atomic mass is 19.4. The van der Waals surface area contributed by atoms with E-state index in [0.717, 1.165) is 5.69 Å². The van der Waals surface area contributed by atoms with Crippen LogP contribution in [-0.2, 0) is 23.7 Å². The Balaban J connectivity index is 1.41. The number of benzene rings is 2. The van der Waals surface area contributed by atoms with Crippen molar-refractivity contribution in [3.63, 3.8) is 0 Å². The van der Waals surface area contributed by atoms with Crippen LogP contribution in [0.3, 0.4) is 0 Å². The summed E-state index contributed by atoms with van der Waals surface area (Å²) in [4.78, 5) is 36.1. The van der Waals surface area contributed by atoms with Gasteiger partial charge in [-0.3, -0.25) is 14.6 Å². The lowest BCUT2D eigenvalue weighted by molar-refractivity contribution is -0.143. The predicted molar refractivity (Wildman–Crippen MR) is 133 cm³/mol. The van der Waals surface area contributed by atoms with Crippen molar-refractivity contribution >= 4 is 17.5 Å². The Morgan fingerprint density at radius 1 is 0.850 bits per heavy atom. The van der Waals surface area contributed by atoms with Crippen LogP contribution in [0.5, 0.6) is 0 Å². The number of carbonyl (C=O) groups is 2. The third kappa shape index (κ3) is 5.22. The van der Waals surface area contributed by atoms with Crippen molar-refractivity contribution in [2.24, 2.45) is 0 Å². The van der Waals surface area contributed by atoms with E-state index >= 15 is 0 Å². The number of carbonyl (C=O) groups excluding carboxylic acids is 2. The highest BCUT2D eigenvalue weighted by Gasteiger charge is 2.54. The van der Waals surface area contributed by atoms with Gasteiger partial charge in [-0.1, -0.05) is 24.3 Å². The second-order valence-corrected chi connectivity index (χ2v) is 9.85. The van der Waals surface area contributed by atoms with E-state index in [4.69, 9.17) is 0 Å². The van der Waals surface area contributed by atoms with Gasteiger partial charge < -0.3 is 14.7 Å². The molecule has 2 aromatic carbocycles. The Bertz CT molecular complexity index is 1360. The van der Waals surface area contributed by atoms with Crippen LogP contribution in [-0.4, -0.2) is 51.9 Å². The molecule has 0 bridgehead atoms. The molecule has 0 atom stereocenters. The highest BCUT2D eigenvalue weighted by Crippen LogP contribution is 2.41. The van der Waals surface area contributed by atoms with Crippen molar-refractivity contribution in [2.45, 2.75) is 37.3 Å². The second-order valence-electron chi connectivity index (χ2n) is 9.85. The Labute approximate surface area is 225 Å². The minimum absolute atomic E-state index is 0.00686. The van der Waals surface area contributed by atoms with Gasteiger partial charge in [0.2, 0.25) is 5.91 Å². The maximum atomic E-state index is 13.8. The normalized spacial score (nSPS) is 17.6. The van der Waals surface area contributed by atoms with E-state index in [1.54, 1.807) is 23.2 Å². The molecule has 2 fully saturated rings. The van der Waals surface area contributed by atoms with Crippen LogP contribution in [0.2, 0.25) is 0 Å². The van der Waals surface area contributed by atoms with Crippen molar-refractivity contribution in [3.8, 4) is 0 Å². The quantitative estimate of drug-likeness (QED) is 0.389. The van der Waals surface area contributed by atoms with Gasteiger partial charge in [-0.2, -0.15) is 26.3 Å². The number of hydrogen-bond donors (Lipinski definition) is 0. The lowest BCUT2D eigenvalue weighted by atomic mass is 9.85. The standard InChI is InChI=1S/C28H24F6N4O2/c29-27(30,31)20-14-19(15-21(16-20)28(32,33)34)24(39)36-12-9-26(10-13-36)25(40)37(17-22-6-4-5-11-35-22)18-38(26)23-7-2-1-3-8-23/h1-8,11,14-16H,9-10,12-13,17-18H2. The van der Waals surface area contributed by atoms with Crippen LogP contribution < -0.4 is 4.90 Å². The lowest BCUT2D eigenvalue weighted by Crippen LogP contribution is -2.57. The molecule has 6 nitrogen and oxygen atoms in total. The molecule has 12 heteroatoms. The summed E-state index contributed by atoms with van der Waals surface area (Å²) in [5.74, 6) is -1.12. The minimum Gasteiger partial charge on any atom is -0.339 e. The van der Waals surface area contributed by atoms with Gasteiger partial charge in [0.1, 0.15) is 5.54 Å². The van der Waals surface area contributed by atoms with Crippen molar-refractivity contribution in [2.75, 3.05) is 24.7 Å². The third-order valence-electron chi connectivity index (χ3n) is 7.37. The fourth-order valence-corrected chi connectivity index (χ4v) is 5.35. The molecule has 5 rings (SSSR count). The molecular weight excluding hydrogens is 538 g/mol. The zero-order chi connectivity index (χ0) is 28.7. The molecule has 0 radical (unpaired) electrons. The monoisotopic (exact) mass is 562 g/mol. The number of aromatic nitrogens is 1. The molecule has 1 aromatic heterocycles. The minimum atomic E-state index is -5.06. The van der Waals surface area contributed by atoms with Crippen LogP contribution in [0.4, 0.5) is 32.0 Å². The number of halogens is 6. The summed E-state index contributed by atoms with van der Waals surface area (Å²) in [5, 5.41) is 0. The number of hydrogen-bond acceptors (Lipinski definition) is 4. The SMILES string of the molecule is O=C(c1cc(C(F)(F)F)cc(C(F)(F)F)c1)N1CCC2(CC1)C(=O)N(Cc1ccccn1)CN2c1ccccc1. The molecule has 2 saturated heterocycles. The van der Waals surface area contributed by atoms with Crippen molar-refractivity contribution in [1.82, 2.24) is 14.8 Å². The van der Waals surface area contributed by atoms with Crippen LogP contribution in [0.25, 0.3) is 0 Å². The van der Waals surface area contributed by atoms with E-state index < -0.39 is 40.5 Å².